The van der Waals surface area contributed by atoms with Gasteiger partial charge < -0.3 is 9.64 Å². The van der Waals surface area contributed by atoms with Crippen molar-refractivity contribution < 1.29 is 14.3 Å². The molecule has 1 atom stereocenters. The maximum Gasteiger partial charge on any atom is 0.310 e. The number of amides is 1. The predicted molar refractivity (Wildman–Crippen MR) is 73.3 cm³/mol. The number of hydrogen-bond acceptors (Lipinski definition) is 4. The van der Waals surface area contributed by atoms with E-state index < -0.39 is 0 Å². The Balaban J connectivity index is 2.18. The van der Waals surface area contributed by atoms with Crippen molar-refractivity contribution in [3.8, 4) is 0 Å². The second-order valence-corrected chi connectivity index (χ2v) is 5.28. The molecule has 6 heteroatoms. The second kappa shape index (κ2) is 5.64. The third kappa shape index (κ3) is 2.55. The van der Waals surface area contributed by atoms with E-state index in [1.54, 1.807) is 9.58 Å². The van der Waals surface area contributed by atoms with Crippen LogP contribution in [0.4, 0.5) is 0 Å². The summed E-state index contributed by atoms with van der Waals surface area (Å²) in [6.45, 7) is 4.83. The van der Waals surface area contributed by atoms with Gasteiger partial charge in [0, 0.05) is 25.8 Å². The number of piperidine rings is 1. The molecule has 0 saturated carbocycles. The number of esters is 1. The quantitative estimate of drug-likeness (QED) is 0.759. The molecule has 2 rings (SSSR count). The molecule has 0 spiro atoms. The van der Waals surface area contributed by atoms with Crippen LogP contribution in [0.1, 0.15) is 34.6 Å². The summed E-state index contributed by atoms with van der Waals surface area (Å²) in [4.78, 5) is 26.0. The molecule has 1 aliphatic heterocycles. The minimum Gasteiger partial charge on any atom is -0.469 e. The Morgan fingerprint density at radius 2 is 2.05 bits per heavy atom. The number of methoxy groups -OCH3 is 1. The van der Waals surface area contributed by atoms with E-state index in [1.807, 2.05) is 20.9 Å². The van der Waals surface area contributed by atoms with Crippen LogP contribution in [-0.2, 0) is 16.6 Å². The highest BCUT2D eigenvalue weighted by Crippen LogP contribution is 2.22. The van der Waals surface area contributed by atoms with Gasteiger partial charge in [0.2, 0.25) is 0 Å². The molecular weight excluding hydrogens is 258 g/mol. The number of ether oxygens (including phenoxy) is 1. The third-order valence-corrected chi connectivity index (χ3v) is 3.97. The summed E-state index contributed by atoms with van der Waals surface area (Å²) in [6.07, 6.45) is 1.60. The number of likely N-dealkylation sites (tertiary alicyclic amines) is 1. The molecule has 0 bridgehead atoms. The Kier molecular flexibility index (Phi) is 4.11. The van der Waals surface area contributed by atoms with Crippen LogP contribution in [0.15, 0.2) is 0 Å². The van der Waals surface area contributed by atoms with Gasteiger partial charge in [-0.25, -0.2) is 0 Å². The molecule has 1 aliphatic rings. The predicted octanol–water partition coefficient (Wildman–Crippen LogP) is 1.06. The van der Waals surface area contributed by atoms with Crippen molar-refractivity contribution >= 4 is 11.9 Å². The maximum absolute atomic E-state index is 12.6. The van der Waals surface area contributed by atoms with Crippen molar-refractivity contribution in [3.63, 3.8) is 0 Å². The largest absolute Gasteiger partial charge is 0.469 e. The molecule has 0 aliphatic carbocycles. The lowest BCUT2D eigenvalue weighted by atomic mass is 9.97. The van der Waals surface area contributed by atoms with Crippen LogP contribution in [0.2, 0.25) is 0 Å². The molecule has 110 valence electrons. The molecule has 2 heterocycles. The van der Waals surface area contributed by atoms with E-state index in [2.05, 4.69) is 5.10 Å². The monoisotopic (exact) mass is 279 g/mol. The molecule has 1 aromatic rings. The molecule has 1 saturated heterocycles. The lowest BCUT2D eigenvalue weighted by Gasteiger charge is -2.31. The number of rotatable bonds is 2. The number of nitrogens with zero attached hydrogens (tertiary/aromatic N) is 3. The molecule has 0 aromatic carbocycles. The van der Waals surface area contributed by atoms with Crippen LogP contribution in [0.5, 0.6) is 0 Å². The van der Waals surface area contributed by atoms with Gasteiger partial charge in [-0.2, -0.15) is 5.10 Å². The first kappa shape index (κ1) is 14.6. The van der Waals surface area contributed by atoms with Crippen LogP contribution >= 0.6 is 0 Å². The zero-order valence-corrected chi connectivity index (χ0v) is 12.5. The Morgan fingerprint density at radius 1 is 1.35 bits per heavy atom. The third-order valence-electron chi connectivity index (χ3n) is 3.97. The van der Waals surface area contributed by atoms with Crippen LogP contribution < -0.4 is 0 Å². The van der Waals surface area contributed by atoms with Crippen LogP contribution in [0, 0.1) is 19.8 Å². The molecular formula is C14H21N3O3. The Bertz CT molecular complexity index is 536. The standard InChI is InChI=1S/C14H21N3O3/c1-9-12(10(2)16(3)15-9)13(18)17-7-5-6-11(8-17)14(19)20-4/h11H,5-8H2,1-4H3/t11-/m0/s1. The van der Waals surface area contributed by atoms with E-state index in [1.165, 1.54) is 7.11 Å². The van der Waals surface area contributed by atoms with Crippen molar-refractivity contribution in [2.45, 2.75) is 26.7 Å². The lowest BCUT2D eigenvalue weighted by Crippen LogP contribution is -2.43. The fraction of sp³-hybridized carbons (Fsp3) is 0.643. The van der Waals surface area contributed by atoms with E-state index in [0.717, 1.165) is 24.2 Å². The average Bonchev–Trinajstić information content (AvgIpc) is 2.70. The van der Waals surface area contributed by atoms with Crippen LogP contribution in [0.25, 0.3) is 0 Å². The minimum atomic E-state index is -0.234. The highest BCUT2D eigenvalue weighted by atomic mass is 16.5. The summed E-state index contributed by atoms with van der Waals surface area (Å²) in [5.41, 5.74) is 2.24. The van der Waals surface area contributed by atoms with E-state index in [0.29, 0.717) is 18.7 Å². The van der Waals surface area contributed by atoms with Crippen molar-refractivity contribution in [2.75, 3.05) is 20.2 Å². The zero-order chi connectivity index (χ0) is 14.9. The molecule has 1 aromatic heterocycles. The summed E-state index contributed by atoms with van der Waals surface area (Å²) in [6, 6.07) is 0. The van der Waals surface area contributed by atoms with Crippen molar-refractivity contribution in [2.24, 2.45) is 13.0 Å². The average molecular weight is 279 g/mol. The van der Waals surface area contributed by atoms with Gasteiger partial charge in [0.25, 0.3) is 5.91 Å². The van der Waals surface area contributed by atoms with Gasteiger partial charge in [-0.1, -0.05) is 0 Å². The molecule has 0 unspecified atom stereocenters. The summed E-state index contributed by atoms with van der Waals surface area (Å²) in [5, 5.41) is 4.27. The SMILES string of the molecule is COC(=O)[C@H]1CCCN(C(=O)c2c(C)nn(C)c2C)C1. The molecule has 1 fully saturated rings. The van der Waals surface area contributed by atoms with E-state index in [9.17, 15) is 9.59 Å². The van der Waals surface area contributed by atoms with Gasteiger partial charge in [0.15, 0.2) is 0 Å². The summed E-state index contributed by atoms with van der Waals surface area (Å²) in [7, 11) is 3.21. The van der Waals surface area contributed by atoms with Crippen molar-refractivity contribution in [1.29, 1.82) is 0 Å². The van der Waals surface area contributed by atoms with E-state index in [-0.39, 0.29) is 17.8 Å². The number of carbonyl (C=O) groups excluding carboxylic acids is 2. The minimum absolute atomic E-state index is 0.0401. The Hall–Kier alpha value is -1.85. The van der Waals surface area contributed by atoms with Gasteiger partial charge in [-0.15, -0.1) is 0 Å². The molecule has 1 amide bonds. The lowest BCUT2D eigenvalue weighted by molar-refractivity contribution is -0.146. The smallest absolute Gasteiger partial charge is 0.310 e. The van der Waals surface area contributed by atoms with Crippen molar-refractivity contribution in [3.05, 3.63) is 17.0 Å². The first-order valence-electron chi connectivity index (χ1n) is 6.83. The Labute approximate surface area is 118 Å². The normalized spacial score (nSPS) is 19.0. The van der Waals surface area contributed by atoms with Crippen LogP contribution in [-0.4, -0.2) is 46.8 Å². The van der Waals surface area contributed by atoms with Gasteiger partial charge >= 0.3 is 5.97 Å². The highest BCUT2D eigenvalue weighted by Gasteiger charge is 2.31. The molecule has 20 heavy (non-hydrogen) atoms. The topological polar surface area (TPSA) is 64.4 Å². The van der Waals surface area contributed by atoms with Crippen molar-refractivity contribution in [1.82, 2.24) is 14.7 Å². The van der Waals surface area contributed by atoms with Gasteiger partial charge in [0.05, 0.1) is 24.3 Å². The van der Waals surface area contributed by atoms with Gasteiger partial charge in [-0.05, 0) is 26.7 Å². The maximum atomic E-state index is 12.6. The van der Waals surface area contributed by atoms with Crippen LogP contribution in [0.3, 0.4) is 0 Å². The second-order valence-electron chi connectivity index (χ2n) is 5.28. The summed E-state index contributed by atoms with van der Waals surface area (Å²) >= 11 is 0. The number of hydrogen-bond donors (Lipinski definition) is 0. The highest BCUT2D eigenvalue weighted by molar-refractivity contribution is 5.96. The first-order valence-corrected chi connectivity index (χ1v) is 6.83. The molecule has 6 nitrogen and oxygen atoms in total. The fourth-order valence-corrected chi connectivity index (χ4v) is 2.76. The number of aryl methyl sites for hydroxylation is 2. The first-order chi connectivity index (χ1) is 9.45. The fourth-order valence-electron chi connectivity index (χ4n) is 2.76. The zero-order valence-electron chi connectivity index (χ0n) is 12.5. The Morgan fingerprint density at radius 3 is 2.60 bits per heavy atom. The van der Waals surface area contributed by atoms with Gasteiger partial charge in [0.1, 0.15) is 0 Å². The summed E-state index contributed by atoms with van der Waals surface area (Å²) in [5.74, 6) is -0.487. The van der Waals surface area contributed by atoms with E-state index >= 15 is 0 Å². The molecule has 0 N–H and O–H groups in total. The number of carbonyl (C=O) groups is 2. The summed E-state index contributed by atoms with van der Waals surface area (Å²) < 4.78 is 6.49. The molecule has 0 radical (unpaired) electrons. The van der Waals surface area contributed by atoms with Gasteiger partial charge in [-0.3, -0.25) is 14.3 Å². The van der Waals surface area contributed by atoms with E-state index in [4.69, 9.17) is 4.74 Å². The number of aromatic nitrogens is 2.